The predicted octanol–water partition coefficient (Wildman–Crippen LogP) is 0.368. The maximum atomic E-state index is 8.72. The fourth-order valence-corrected chi connectivity index (χ4v) is 1.34. The standard InChI is InChI=1S/C9H17N3O/c1-9(8-11(2)6-7-13)12-5-3-4-10-12/h3-5,9,13H,6-8H2,1-2H3. The van der Waals surface area contributed by atoms with Gasteiger partial charge in [0.05, 0.1) is 12.6 Å². The van der Waals surface area contributed by atoms with Crippen LogP contribution in [-0.4, -0.2) is 46.5 Å². The number of aromatic nitrogens is 2. The first-order chi connectivity index (χ1) is 6.24. The van der Waals surface area contributed by atoms with Crippen molar-refractivity contribution in [2.24, 2.45) is 0 Å². The van der Waals surface area contributed by atoms with Crippen molar-refractivity contribution in [1.82, 2.24) is 14.7 Å². The summed E-state index contributed by atoms with van der Waals surface area (Å²) in [5, 5.41) is 12.9. The number of aliphatic hydroxyl groups excluding tert-OH is 1. The van der Waals surface area contributed by atoms with Crippen LogP contribution in [0.3, 0.4) is 0 Å². The maximum Gasteiger partial charge on any atom is 0.0617 e. The van der Waals surface area contributed by atoms with Crippen molar-refractivity contribution in [3.8, 4) is 0 Å². The molecule has 0 bridgehead atoms. The second-order valence-electron chi connectivity index (χ2n) is 3.32. The van der Waals surface area contributed by atoms with E-state index < -0.39 is 0 Å². The van der Waals surface area contributed by atoms with E-state index in [1.165, 1.54) is 0 Å². The number of aliphatic hydroxyl groups is 1. The molecule has 4 nitrogen and oxygen atoms in total. The average Bonchev–Trinajstić information content (AvgIpc) is 2.55. The van der Waals surface area contributed by atoms with Crippen LogP contribution >= 0.6 is 0 Å². The lowest BCUT2D eigenvalue weighted by atomic mass is 10.3. The summed E-state index contributed by atoms with van der Waals surface area (Å²) >= 11 is 0. The molecule has 1 aromatic heterocycles. The molecule has 0 amide bonds. The zero-order chi connectivity index (χ0) is 9.68. The van der Waals surface area contributed by atoms with Crippen LogP contribution in [0.4, 0.5) is 0 Å². The molecular weight excluding hydrogens is 166 g/mol. The van der Waals surface area contributed by atoms with E-state index >= 15 is 0 Å². The van der Waals surface area contributed by atoms with Crippen LogP contribution in [0.5, 0.6) is 0 Å². The third-order valence-electron chi connectivity index (χ3n) is 2.03. The molecule has 13 heavy (non-hydrogen) atoms. The van der Waals surface area contributed by atoms with Gasteiger partial charge in [0.15, 0.2) is 0 Å². The summed E-state index contributed by atoms with van der Waals surface area (Å²) in [6, 6.07) is 2.27. The summed E-state index contributed by atoms with van der Waals surface area (Å²) in [5.41, 5.74) is 0. The Morgan fingerprint density at radius 2 is 2.38 bits per heavy atom. The molecule has 0 aliphatic rings. The van der Waals surface area contributed by atoms with Gasteiger partial charge in [-0.3, -0.25) is 4.68 Å². The number of rotatable bonds is 5. The van der Waals surface area contributed by atoms with Crippen molar-refractivity contribution in [1.29, 1.82) is 0 Å². The molecule has 1 aromatic rings. The summed E-state index contributed by atoms with van der Waals surface area (Å²) < 4.78 is 1.92. The van der Waals surface area contributed by atoms with Crippen LogP contribution in [-0.2, 0) is 0 Å². The second kappa shape index (κ2) is 4.99. The number of nitrogens with zero attached hydrogens (tertiary/aromatic N) is 3. The lowest BCUT2D eigenvalue weighted by Crippen LogP contribution is -2.28. The molecule has 1 N–H and O–H groups in total. The lowest BCUT2D eigenvalue weighted by Gasteiger charge is -2.20. The Morgan fingerprint density at radius 3 is 2.92 bits per heavy atom. The van der Waals surface area contributed by atoms with Gasteiger partial charge in [-0.1, -0.05) is 0 Å². The molecular formula is C9H17N3O. The van der Waals surface area contributed by atoms with Crippen LogP contribution in [0.1, 0.15) is 13.0 Å². The Bertz CT molecular complexity index is 223. The van der Waals surface area contributed by atoms with Gasteiger partial charge in [-0.2, -0.15) is 5.10 Å². The van der Waals surface area contributed by atoms with Gasteiger partial charge in [0.2, 0.25) is 0 Å². The van der Waals surface area contributed by atoms with Crippen LogP contribution in [0.25, 0.3) is 0 Å². The summed E-state index contributed by atoms with van der Waals surface area (Å²) in [7, 11) is 2.00. The third-order valence-corrected chi connectivity index (χ3v) is 2.03. The Morgan fingerprint density at radius 1 is 1.62 bits per heavy atom. The van der Waals surface area contributed by atoms with Crippen LogP contribution in [0.2, 0.25) is 0 Å². The molecule has 0 aliphatic heterocycles. The minimum absolute atomic E-state index is 0.211. The topological polar surface area (TPSA) is 41.3 Å². The summed E-state index contributed by atoms with van der Waals surface area (Å²) in [6.07, 6.45) is 3.74. The predicted molar refractivity (Wildman–Crippen MR) is 51.5 cm³/mol. The molecule has 0 radical (unpaired) electrons. The van der Waals surface area contributed by atoms with E-state index in [9.17, 15) is 0 Å². The molecule has 1 rings (SSSR count). The van der Waals surface area contributed by atoms with Crippen LogP contribution < -0.4 is 0 Å². The first-order valence-electron chi connectivity index (χ1n) is 4.52. The highest BCUT2D eigenvalue weighted by Gasteiger charge is 2.06. The van der Waals surface area contributed by atoms with Gasteiger partial charge < -0.3 is 10.0 Å². The Labute approximate surface area is 78.8 Å². The molecule has 1 atom stereocenters. The fraction of sp³-hybridized carbons (Fsp3) is 0.667. The summed E-state index contributed by atoms with van der Waals surface area (Å²) in [5.74, 6) is 0. The van der Waals surface area contributed by atoms with Crippen molar-refractivity contribution in [2.45, 2.75) is 13.0 Å². The molecule has 0 aliphatic carbocycles. The first-order valence-corrected chi connectivity index (χ1v) is 4.52. The van der Waals surface area contributed by atoms with Crippen molar-refractivity contribution in [3.05, 3.63) is 18.5 Å². The molecule has 0 saturated carbocycles. The Balaban J connectivity index is 2.37. The molecule has 0 saturated heterocycles. The van der Waals surface area contributed by atoms with Gasteiger partial charge in [-0.25, -0.2) is 0 Å². The average molecular weight is 183 g/mol. The van der Waals surface area contributed by atoms with E-state index in [0.29, 0.717) is 12.6 Å². The summed E-state index contributed by atoms with van der Waals surface area (Å²) in [4.78, 5) is 2.09. The maximum absolute atomic E-state index is 8.72. The Kier molecular flexibility index (Phi) is 3.92. The normalized spacial score (nSPS) is 13.5. The molecule has 0 fully saturated rings. The monoisotopic (exact) mass is 183 g/mol. The molecule has 0 spiro atoms. The van der Waals surface area contributed by atoms with Gasteiger partial charge in [0, 0.05) is 25.5 Å². The molecule has 74 valence electrons. The van der Waals surface area contributed by atoms with E-state index in [2.05, 4.69) is 16.9 Å². The zero-order valence-electron chi connectivity index (χ0n) is 8.22. The molecule has 0 aromatic carbocycles. The minimum atomic E-state index is 0.211. The first kappa shape index (κ1) is 10.2. The van der Waals surface area contributed by atoms with E-state index in [-0.39, 0.29) is 6.61 Å². The van der Waals surface area contributed by atoms with E-state index in [1.54, 1.807) is 6.20 Å². The number of likely N-dealkylation sites (N-methyl/N-ethyl adjacent to an activating group) is 1. The van der Waals surface area contributed by atoms with Gasteiger partial charge in [0.1, 0.15) is 0 Å². The molecule has 4 heteroatoms. The van der Waals surface area contributed by atoms with E-state index in [1.807, 2.05) is 24.0 Å². The number of hydrogen-bond donors (Lipinski definition) is 1. The van der Waals surface area contributed by atoms with Gasteiger partial charge >= 0.3 is 0 Å². The lowest BCUT2D eigenvalue weighted by molar-refractivity contribution is 0.203. The van der Waals surface area contributed by atoms with Crippen LogP contribution in [0, 0.1) is 0 Å². The molecule has 1 heterocycles. The smallest absolute Gasteiger partial charge is 0.0617 e. The highest BCUT2D eigenvalue weighted by Crippen LogP contribution is 2.04. The largest absolute Gasteiger partial charge is 0.395 e. The van der Waals surface area contributed by atoms with Crippen molar-refractivity contribution in [2.75, 3.05) is 26.7 Å². The SMILES string of the molecule is CC(CN(C)CCO)n1cccn1. The highest BCUT2D eigenvalue weighted by atomic mass is 16.3. The number of hydrogen-bond acceptors (Lipinski definition) is 3. The van der Waals surface area contributed by atoms with E-state index in [0.717, 1.165) is 6.54 Å². The van der Waals surface area contributed by atoms with Gasteiger partial charge in [0.25, 0.3) is 0 Å². The van der Waals surface area contributed by atoms with Crippen molar-refractivity contribution < 1.29 is 5.11 Å². The van der Waals surface area contributed by atoms with E-state index in [4.69, 9.17) is 5.11 Å². The molecule has 1 unspecified atom stereocenters. The quantitative estimate of drug-likeness (QED) is 0.717. The van der Waals surface area contributed by atoms with Crippen molar-refractivity contribution >= 4 is 0 Å². The second-order valence-corrected chi connectivity index (χ2v) is 3.32. The minimum Gasteiger partial charge on any atom is -0.395 e. The third kappa shape index (κ3) is 3.16. The van der Waals surface area contributed by atoms with Gasteiger partial charge in [-0.15, -0.1) is 0 Å². The van der Waals surface area contributed by atoms with Crippen molar-refractivity contribution in [3.63, 3.8) is 0 Å². The Hall–Kier alpha value is -0.870. The zero-order valence-corrected chi connectivity index (χ0v) is 8.22. The fourth-order valence-electron chi connectivity index (χ4n) is 1.34. The summed E-state index contributed by atoms with van der Waals surface area (Å²) in [6.45, 7) is 3.94. The van der Waals surface area contributed by atoms with Gasteiger partial charge in [-0.05, 0) is 20.0 Å². The van der Waals surface area contributed by atoms with Crippen LogP contribution in [0.15, 0.2) is 18.5 Å². The highest BCUT2D eigenvalue weighted by molar-refractivity contribution is 4.81.